The lowest BCUT2D eigenvalue weighted by molar-refractivity contribution is 0.0428. The molecule has 0 aliphatic carbocycles. The third-order valence-electron chi connectivity index (χ3n) is 3.84. The molecule has 146 valence electrons. The van der Waals surface area contributed by atoms with Crippen molar-refractivity contribution >= 4 is 21.9 Å². The minimum Gasteiger partial charge on any atom is -0.497 e. The molecule has 8 nitrogen and oxygen atoms in total. The molecule has 0 atom stereocenters. The molecule has 0 radical (unpaired) electrons. The monoisotopic (exact) mass is 448 g/mol. The van der Waals surface area contributed by atoms with Gasteiger partial charge in [-0.25, -0.2) is 4.79 Å². The number of ether oxygens (including phenoxy) is 4. The maximum Gasteiger partial charge on any atom is 0.339 e. The van der Waals surface area contributed by atoms with Crippen LogP contribution >= 0.6 is 15.9 Å². The Bertz CT molecular complexity index is 988. The van der Waals surface area contributed by atoms with Crippen LogP contribution in [0.1, 0.15) is 16.2 Å². The highest BCUT2D eigenvalue weighted by Crippen LogP contribution is 2.31. The Kier molecular flexibility index (Phi) is 6.15. The van der Waals surface area contributed by atoms with Crippen molar-refractivity contribution in [1.82, 2.24) is 10.1 Å². The Balaban J connectivity index is 1.73. The zero-order valence-electron chi connectivity index (χ0n) is 15.4. The largest absolute Gasteiger partial charge is 0.497 e. The number of nitrogens with zero attached hydrogens (tertiary/aromatic N) is 2. The fraction of sp³-hybridized carbons (Fsp3) is 0.211. The van der Waals surface area contributed by atoms with Gasteiger partial charge in [0.1, 0.15) is 17.2 Å². The van der Waals surface area contributed by atoms with Crippen molar-refractivity contribution in [1.29, 1.82) is 0 Å². The summed E-state index contributed by atoms with van der Waals surface area (Å²) >= 11 is 3.32. The molecular weight excluding hydrogens is 432 g/mol. The molecule has 0 saturated heterocycles. The van der Waals surface area contributed by atoms with Gasteiger partial charge < -0.3 is 23.5 Å². The standard InChI is InChI=1S/C19H17BrN2O6/c1-24-11-5-7-15(20)14(8-11)19(23)27-10-17-21-18(22-28-17)13-6-4-12(25-2)9-16(13)26-3/h4-9H,10H2,1-3H3. The minimum atomic E-state index is -0.549. The fourth-order valence-electron chi connectivity index (χ4n) is 2.40. The molecule has 1 heterocycles. The molecule has 1 aromatic heterocycles. The van der Waals surface area contributed by atoms with Crippen LogP contribution in [0.3, 0.4) is 0 Å². The van der Waals surface area contributed by atoms with Gasteiger partial charge in [0.15, 0.2) is 6.61 Å². The zero-order chi connectivity index (χ0) is 20.1. The summed E-state index contributed by atoms with van der Waals surface area (Å²) in [5, 5.41) is 3.92. The van der Waals surface area contributed by atoms with E-state index in [2.05, 4.69) is 26.1 Å². The average molecular weight is 449 g/mol. The van der Waals surface area contributed by atoms with Crippen LogP contribution in [0.15, 0.2) is 45.4 Å². The maximum absolute atomic E-state index is 12.3. The van der Waals surface area contributed by atoms with Crippen molar-refractivity contribution in [3.63, 3.8) is 0 Å². The van der Waals surface area contributed by atoms with E-state index in [1.165, 1.54) is 14.2 Å². The number of halogens is 1. The van der Waals surface area contributed by atoms with Crippen LogP contribution in [0.2, 0.25) is 0 Å². The van der Waals surface area contributed by atoms with Gasteiger partial charge in [-0.05, 0) is 46.3 Å². The lowest BCUT2D eigenvalue weighted by Crippen LogP contribution is -2.06. The second-order valence-corrected chi connectivity index (χ2v) is 6.35. The van der Waals surface area contributed by atoms with E-state index < -0.39 is 5.97 Å². The Hall–Kier alpha value is -3.07. The summed E-state index contributed by atoms with van der Waals surface area (Å²) in [4.78, 5) is 16.6. The van der Waals surface area contributed by atoms with Gasteiger partial charge in [0, 0.05) is 10.5 Å². The predicted octanol–water partition coefficient (Wildman–Crippen LogP) is 3.88. The first-order valence-electron chi connectivity index (χ1n) is 8.11. The van der Waals surface area contributed by atoms with Crippen molar-refractivity contribution in [3.8, 4) is 28.6 Å². The first-order valence-corrected chi connectivity index (χ1v) is 8.90. The molecule has 0 unspecified atom stereocenters. The molecular formula is C19H17BrN2O6. The van der Waals surface area contributed by atoms with E-state index in [9.17, 15) is 4.79 Å². The van der Waals surface area contributed by atoms with Crippen LogP contribution in [0.4, 0.5) is 0 Å². The number of rotatable bonds is 7. The van der Waals surface area contributed by atoms with Gasteiger partial charge in [-0.2, -0.15) is 4.98 Å². The van der Waals surface area contributed by atoms with Crippen molar-refractivity contribution in [2.24, 2.45) is 0 Å². The first kappa shape index (κ1) is 19.7. The number of hydrogen-bond donors (Lipinski definition) is 0. The number of aromatic nitrogens is 2. The second kappa shape index (κ2) is 8.75. The van der Waals surface area contributed by atoms with E-state index in [-0.39, 0.29) is 12.5 Å². The summed E-state index contributed by atoms with van der Waals surface area (Å²) in [7, 11) is 4.62. The number of esters is 1. The lowest BCUT2D eigenvalue weighted by Gasteiger charge is -2.07. The molecule has 0 aliphatic heterocycles. The van der Waals surface area contributed by atoms with E-state index in [0.29, 0.717) is 38.7 Å². The van der Waals surface area contributed by atoms with E-state index in [4.69, 9.17) is 23.5 Å². The summed E-state index contributed by atoms with van der Waals surface area (Å²) < 4.78 is 26.7. The predicted molar refractivity (Wildman–Crippen MR) is 103 cm³/mol. The third-order valence-corrected chi connectivity index (χ3v) is 4.53. The summed E-state index contributed by atoms with van der Waals surface area (Å²) in [5.74, 6) is 1.63. The molecule has 3 aromatic rings. The Morgan fingerprint density at radius 1 is 1.04 bits per heavy atom. The van der Waals surface area contributed by atoms with Crippen LogP contribution in [0.25, 0.3) is 11.4 Å². The topological polar surface area (TPSA) is 92.9 Å². The quantitative estimate of drug-likeness (QED) is 0.502. The zero-order valence-corrected chi connectivity index (χ0v) is 17.0. The Morgan fingerprint density at radius 2 is 1.75 bits per heavy atom. The number of benzene rings is 2. The van der Waals surface area contributed by atoms with E-state index in [1.807, 2.05) is 0 Å². The van der Waals surface area contributed by atoms with Gasteiger partial charge in [-0.1, -0.05) is 5.16 Å². The number of methoxy groups -OCH3 is 3. The van der Waals surface area contributed by atoms with Crippen LogP contribution in [0.5, 0.6) is 17.2 Å². The van der Waals surface area contributed by atoms with Crippen molar-refractivity contribution < 1.29 is 28.3 Å². The molecule has 9 heteroatoms. The summed E-state index contributed by atoms with van der Waals surface area (Å²) in [6.45, 7) is -0.173. The average Bonchev–Trinajstić information content (AvgIpc) is 3.20. The van der Waals surface area contributed by atoms with Gasteiger partial charge in [0.25, 0.3) is 5.89 Å². The first-order chi connectivity index (χ1) is 13.5. The highest BCUT2D eigenvalue weighted by molar-refractivity contribution is 9.10. The molecule has 3 rings (SSSR count). The summed E-state index contributed by atoms with van der Waals surface area (Å²) in [6, 6.07) is 10.2. The van der Waals surface area contributed by atoms with Gasteiger partial charge >= 0.3 is 5.97 Å². The van der Waals surface area contributed by atoms with Crippen molar-refractivity contribution in [2.75, 3.05) is 21.3 Å². The van der Waals surface area contributed by atoms with Crippen LogP contribution < -0.4 is 14.2 Å². The molecule has 2 aromatic carbocycles. The fourth-order valence-corrected chi connectivity index (χ4v) is 2.81. The van der Waals surface area contributed by atoms with Crippen molar-refractivity contribution in [2.45, 2.75) is 6.61 Å². The molecule has 0 amide bonds. The number of carbonyl (C=O) groups is 1. The van der Waals surface area contributed by atoms with Gasteiger partial charge in [0.05, 0.1) is 32.5 Å². The van der Waals surface area contributed by atoms with Gasteiger partial charge in [0.2, 0.25) is 5.82 Å². The normalized spacial score (nSPS) is 10.4. The lowest BCUT2D eigenvalue weighted by atomic mass is 10.2. The molecule has 0 aliphatic rings. The van der Waals surface area contributed by atoms with E-state index >= 15 is 0 Å². The van der Waals surface area contributed by atoms with Gasteiger partial charge in [-0.3, -0.25) is 0 Å². The Labute approximate surface area is 169 Å². The van der Waals surface area contributed by atoms with Crippen LogP contribution in [-0.4, -0.2) is 37.4 Å². The molecule has 0 fully saturated rings. The third kappa shape index (κ3) is 4.25. The van der Waals surface area contributed by atoms with E-state index in [0.717, 1.165) is 0 Å². The minimum absolute atomic E-state index is 0.153. The molecule has 0 spiro atoms. The molecule has 0 saturated carbocycles. The van der Waals surface area contributed by atoms with Gasteiger partial charge in [-0.15, -0.1) is 0 Å². The summed E-state index contributed by atoms with van der Waals surface area (Å²) in [5.41, 5.74) is 0.955. The van der Waals surface area contributed by atoms with E-state index in [1.54, 1.807) is 43.5 Å². The smallest absolute Gasteiger partial charge is 0.339 e. The summed E-state index contributed by atoms with van der Waals surface area (Å²) in [6.07, 6.45) is 0. The molecule has 0 N–H and O–H groups in total. The highest BCUT2D eigenvalue weighted by Gasteiger charge is 2.17. The number of hydrogen-bond acceptors (Lipinski definition) is 8. The molecule has 28 heavy (non-hydrogen) atoms. The molecule has 0 bridgehead atoms. The second-order valence-electron chi connectivity index (χ2n) is 5.50. The van der Waals surface area contributed by atoms with Crippen LogP contribution in [0, 0.1) is 0 Å². The SMILES string of the molecule is COc1ccc(-c2noc(COC(=O)c3cc(OC)ccc3Br)n2)c(OC)c1. The highest BCUT2D eigenvalue weighted by atomic mass is 79.9. The maximum atomic E-state index is 12.3. The van der Waals surface area contributed by atoms with Crippen molar-refractivity contribution in [3.05, 3.63) is 52.3 Å². The van der Waals surface area contributed by atoms with Crippen LogP contribution in [-0.2, 0) is 11.3 Å². The Morgan fingerprint density at radius 3 is 2.46 bits per heavy atom. The number of carbonyl (C=O) groups excluding carboxylic acids is 1.